The van der Waals surface area contributed by atoms with Crippen LogP contribution in [0.5, 0.6) is 17.2 Å². The zero-order valence-corrected chi connectivity index (χ0v) is 41.2. The molecule has 0 bridgehead atoms. The number of nitro groups is 2. The minimum atomic E-state index is -1.64. The maximum Gasteiger partial charge on any atom is 0.273 e. The van der Waals surface area contributed by atoms with E-state index in [1.54, 1.807) is 65.6 Å². The first kappa shape index (κ1) is 51.7. The number of nitriles is 1. The van der Waals surface area contributed by atoms with E-state index in [0.29, 0.717) is 72.4 Å². The van der Waals surface area contributed by atoms with E-state index < -0.39 is 33.5 Å². The molecule has 75 heavy (non-hydrogen) atoms. The van der Waals surface area contributed by atoms with Crippen LogP contribution in [0.25, 0.3) is 10.8 Å². The van der Waals surface area contributed by atoms with Crippen molar-refractivity contribution in [1.29, 1.82) is 5.26 Å². The third-order valence-electron chi connectivity index (χ3n) is 14.6. The van der Waals surface area contributed by atoms with Crippen LogP contribution in [0.2, 0.25) is 0 Å². The Hall–Kier alpha value is -8.23. The maximum absolute atomic E-state index is 15.7. The zero-order chi connectivity index (χ0) is 52.5. The number of carbonyl (C=O) groups excluding carboxylic acids is 1. The average molecular weight is 1010 g/mol. The van der Waals surface area contributed by atoms with Crippen molar-refractivity contribution in [2.24, 2.45) is 22.9 Å². The Morgan fingerprint density at radius 2 is 1.57 bits per heavy atom. The van der Waals surface area contributed by atoms with Crippen LogP contribution in [0, 0.1) is 49.3 Å². The van der Waals surface area contributed by atoms with Crippen LogP contribution in [-0.2, 0) is 22.7 Å². The average Bonchev–Trinajstić information content (AvgIpc) is 3.51. The number of benzene rings is 6. The minimum absolute atomic E-state index is 0.00404. The fourth-order valence-electron chi connectivity index (χ4n) is 11.2. The Morgan fingerprint density at radius 1 is 0.853 bits per heavy atom. The number of aliphatic hydroxyl groups is 2. The van der Waals surface area contributed by atoms with Crippen LogP contribution in [0.15, 0.2) is 163 Å². The summed E-state index contributed by atoms with van der Waals surface area (Å²) < 4.78 is 21.1. The summed E-state index contributed by atoms with van der Waals surface area (Å²) in [4.78, 5) is 46.2. The number of allylic oxidation sites excluding steroid dienone is 1. The van der Waals surface area contributed by atoms with Gasteiger partial charge < -0.3 is 34.2 Å². The minimum Gasteiger partial charge on any atom is -0.459 e. The van der Waals surface area contributed by atoms with Gasteiger partial charge >= 0.3 is 0 Å². The smallest absolute Gasteiger partial charge is 0.273 e. The molecule has 1 amide bonds. The largest absolute Gasteiger partial charge is 0.459 e. The molecule has 0 saturated heterocycles. The summed E-state index contributed by atoms with van der Waals surface area (Å²) in [6.07, 6.45) is 7.82. The van der Waals surface area contributed by atoms with E-state index in [9.17, 15) is 35.7 Å². The highest BCUT2D eigenvalue weighted by atomic mass is 16.7. The molecule has 0 unspecified atom stereocenters. The number of non-ortho nitro benzene ring substituents is 2. The molecule has 0 aromatic heterocycles. The molecule has 9 rings (SSSR count). The number of aliphatic hydroxyl groups excluding tert-OH is 2. The van der Waals surface area contributed by atoms with E-state index in [0.717, 1.165) is 27.5 Å². The van der Waals surface area contributed by atoms with Gasteiger partial charge in [0.15, 0.2) is 0 Å². The van der Waals surface area contributed by atoms with Crippen molar-refractivity contribution in [3.63, 3.8) is 0 Å². The number of hydrogen-bond acceptors (Lipinski definition) is 13. The van der Waals surface area contributed by atoms with E-state index in [-0.39, 0.29) is 74.3 Å². The van der Waals surface area contributed by atoms with Crippen LogP contribution >= 0.6 is 0 Å². The summed E-state index contributed by atoms with van der Waals surface area (Å²) >= 11 is 0. The Balaban J connectivity index is 1.28. The number of nitrogens with zero attached hydrogens (tertiary/aromatic N) is 5. The summed E-state index contributed by atoms with van der Waals surface area (Å²) in [6, 6.07) is 39.1. The first-order chi connectivity index (χ1) is 36.5. The highest BCUT2D eigenvalue weighted by Gasteiger charge is 2.65. The van der Waals surface area contributed by atoms with Crippen molar-refractivity contribution >= 4 is 33.8 Å². The first-order valence-electron chi connectivity index (χ1n) is 25.2. The third-order valence-corrected chi connectivity index (χ3v) is 14.6. The lowest BCUT2D eigenvalue weighted by Crippen LogP contribution is -2.70. The van der Waals surface area contributed by atoms with Crippen molar-refractivity contribution in [1.82, 2.24) is 4.90 Å². The van der Waals surface area contributed by atoms with E-state index in [4.69, 9.17) is 24.2 Å². The van der Waals surface area contributed by atoms with Gasteiger partial charge in [-0.1, -0.05) is 78.7 Å². The number of oxime groups is 1. The van der Waals surface area contributed by atoms with Gasteiger partial charge in [0.05, 0.1) is 45.8 Å². The fraction of sp³-hybridized carbons (Fsp3) is 0.305. The van der Waals surface area contributed by atoms with E-state index in [1.807, 2.05) is 54.6 Å². The second-order valence-corrected chi connectivity index (χ2v) is 19.1. The maximum atomic E-state index is 15.7. The number of fused-ring (bicyclic) bond motifs is 3. The Labute approximate surface area is 434 Å². The number of hydrogen-bond donors (Lipinski definition) is 2. The van der Waals surface area contributed by atoms with Gasteiger partial charge in [0.1, 0.15) is 29.9 Å². The van der Waals surface area contributed by atoms with Gasteiger partial charge in [0, 0.05) is 61.4 Å². The number of ether oxygens (including phenoxy) is 3. The molecule has 384 valence electrons. The Kier molecular flexibility index (Phi) is 16.1. The van der Waals surface area contributed by atoms with Crippen molar-refractivity contribution in [2.45, 2.75) is 75.8 Å². The molecule has 1 aliphatic heterocycles. The summed E-state index contributed by atoms with van der Waals surface area (Å²) in [5.41, 5.74) is 4.10. The van der Waals surface area contributed by atoms with Crippen LogP contribution in [-0.4, -0.2) is 68.2 Å². The Bertz CT molecular complexity index is 3170. The molecule has 1 fully saturated rings. The normalized spacial score (nSPS) is 20.9. The van der Waals surface area contributed by atoms with Crippen LogP contribution < -0.4 is 9.47 Å². The van der Waals surface area contributed by atoms with Crippen molar-refractivity contribution in [3.05, 3.63) is 206 Å². The predicted octanol–water partition coefficient (Wildman–Crippen LogP) is 11.5. The van der Waals surface area contributed by atoms with Crippen LogP contribution in [0.4, 0.5) is 11.4 Å². The van der Waals surface area contributed by atoms with Gasteiger partial charge in [-0.25, -0.2) is 0 Å². The lowest BCUT2D eigenvalue weighted by molar-refractivity contribution is -0.385. The Morgan fingerprint density at radius 3 is 2.31 bits per heavy atom. The number of carbonyl (C=O) groups is 1. The van der Waals surface area contributed by atoms with E-state index >= 15 is 4.79 Å². The quantitative estimate of drug-likeness (QED) is 0.0281. The molecule has 1 saturated carbocycles. The van der Waals surface area contributed by atoms with Gasteiger partial charge in [-0.05, 0) is 126 Å². The van der Waals surface area contributed by atoms with Crippen molar-refractivity contribution in [2.75, 3.05) is 19.8 Å². The molecule has 0 radical (unpaired) electrons. The molecule has 16 nitrogen and oxygen atoms in total. The molecule has 6 aromatic rings. The number of rotatable bonds is 22. The summed E-state index contributed by atoms with van der Waals surface area (Å²) in [6.45, 7) is 4.16. The number of nitro benzene ring substituents is 2. The monoisotopic (exact) mass is 1010 g/mol. The summed E-state index contributed by atoms with van der Waals surface area (Å²) in [5.74, 6) is -2.22. The number of unbranched alkanes of at least 4 members (excludes halogenated alkanes) is 2. The second-order valence-electron chi connectivity index (χ2n) is 19.1. The van der Waals surface area contributed by atoms with Gasteiger partial charge in [-0.15, -0.1) is 6.58 Å². The molecule has 2 aliphatic carbocycles. The van der Waals surface area contributed by atoms with Crippen LogP contribution in [0.1, 0.15) is 83.5 Å². The summed E-state index contributed by atoms with van der Waals surface area (Å²) in [7, 11) is 0. The van der Waals surface area contributed by atoms with Gasteiger partial charge in [0.25, 0.3) is 17.3 Å². The molecular formula is C59H57N5O11. The molecule has 16 heteroatoms. The molecular weight excluding hydrogens is 955 g/mol. The molecule has 3 aliphatic rings. The third kappa shape index (κ3) is 11.0. The lowest BCUT2D eigenvalue weighted by atomic mass is 9.55. The molecule has 0 spiro atoms. The molecule has 1 heterocycles. The topological polar surface area (TPSA) is 220 Å². The zero-order valence-electron chi connectivity index (χ0n) is 41.2. The van der Waals surface area contributed by atoms with Crippen LogP contribution in [0.3, 0.4) is 0 Å². The van der Waals surface area contributed by atoms with E-state index in [2.05, 4.69) is 18.7 Å². The first-order valence-corrected chi connectivity index (χ1v) is 25.2. The van der Waals surface area contributed by atoms with Gasteiger partial charge in [-0.3, -0.25) is 25.0 Å². The second kappa shape index (κ2) is 23.3. The molecule has 6 atom stereocenters. The van der Waals surface area contributed by atoms with Gasteiger partial charge in [0.2, 0.25) is 5.79 Å². The predicted molar refractivity (Wildman–Crippen MR) is 281 cm³/mol. The molecule has 6 aromatic carbocycles. The fourth-order valence-corrected chi connectivity index (χ4v) is 11.2. The standard InChI is InChI=1S/C59H57N5O11/c1-2-31-72-59-55(62(58(67)42-23-19-39(36-60)20-24-42)37-44-14-9-13-41-11-3-4-17-49(41)44)35-53(61-73-38-40-21-25-45(26-22-40)63(68)69)51-32-43(12-5-7-29-65)50(18-6-8-30-66)56(57(51)59)52-34-48(27-28-54(52)75-59)74-47-16-10-15-46(33-47)64(70)71/h2-4,9-11,13-17,19-28,32-34,43,50,55-57,65-66H,1,5-8,12,18,29-31,35,37-38H2/t43-,50+,55-,56+,57+,59+/m0/s1. The highest BCUT2D eigenvalue weighted by Crippen LogP contribution is 2.62. The highest BCUT2D eigenvalue weighted by molar-refractivity contribution is 6.03. The summed E-state index contributed by atoms with van der Waals surface area (Å²) in [5, 5.41) is 60.2. The van der Waals surface area contributed by atoms with Crippen molar-refractivity contribution < 1.29 is 43.9 Å². The van der Waals surface area contributed by atoms with E-state index in [1.165, 1.54) is 24.3 Å². The molecule has 2 N–H and O–H groups in total. The SMILES string of the molecule is C=CCO[C@@]12Oc3ccc(Oc4cccc([N+](=O)[O-])c4)cc3[C@H]3[C@H](CCCCO)[C@@H](CCCCO)C=C(C(=NOCc4ccc([N+](=O)[O-])cc4)C[C@@H]1N(Cc1cccc4ccccc14)C(=O)c1ccc(C#N)cc1)[C@H]32. The van der Waals surface area contributed by atoms with Gasteiger partial charge in [-0.2, -0.15) is 5.26 Å². The van der Waals surface area contributed by atoms with Crippen molar-refractivity contribution in [3.8, 4) is 23.3 Å². The lowest BCUT2D eigenvalue weighted by Gasteiger charge is -2.60. The number of amides is 1.